The number of nitrogen functional groups attached to an aromatic ring is 1. The number of anilines is 2. The van der Waals surface area contributed by atoms with Gasteiger partial charge in [0.1, 0.15) is 10.8 Å². The van der Waals surface area contributed by atoms with Gasteiger partial charge in [0.2, 0.25) is 5.88 Å². The number of pyridine rings is 1. The lowest BCUT2D eigenvalue weighted by molar-refractivity contribution is 0.400. The third-order valence-corrected chi connectivity index (χ3v) is 3.55. The van der Waals surface area contributed by atoms with Crippen molar-refractivity contribution < 1.29 is 4.74 Å². The summed E-state index contributed by atoms with van der Waals surface area (Å²) < 4.78 is 5.09. The molecule has 2 aromatic rings. The molecule has 0 radical (unpaired) electrons. The Balaban J connectivity index is 2.14. The minimum absolute atomic E-state index is 0.101. The first-order valence-corrected chi connectivity index (χ1v) is 6.41. The summed E-state index contributed by atoms with van der Waals surface area (Å²) in [4.78, 5) is 9.82. The van der Waals surface area contributed by atoms with E-state index in [1.807, 2.05) is 26.1 Å². The lowest BCUT2D eigenvalue weighted by atomic mass is 10.3. The second-order valence-electron chi connectivity index (χ2n) is 3.97. The quantitative estimate of drug-likeness (QED) is 0.888. The van der Waals surface area contributed by atoms with Crippen LogP contribution in [0.1, 0.15) is 22.9 Å². The Morgan fingerprint density at radius 3 is 2.83 bits per heavy atom. The number of nitrogens with two attached hydrogens (primary N) is 1. The zero-order chi connectivity index (χ0) is 13.1. The van der Waals surface area contributed by atoms with Crippen LogP contribution in [0.5, 0.6) is 5.88 Å². The first-order valence-electron chi connectivity index (χ1n) is 5.59. The molecule has 0 aliphatic rings. The maximum absolute atomic E-state index is 5.72. The molecule has 0 aliphatic heterocycles. The number of ether oxygens (including phenoxy) is 1. The van der Waals surface area contributed by atoms with Gasteiger partial charge in [-0.15, -0.1) is 11.3 Å². The molecular weight excluding hydrogens is 248 g/mol. The summed E-state index contributed by atoms with van der Waals surface area (Å²) in [5.41, 5.74) is 6.25. The highest BCUT2D eigenvalue weighted by Gasteiger charge is 2.11. The van der Waals surface area contributed by atoms with Gasteiger partial charge in [0.05, 0.1) is 18.8 Å². The molecule has 1 unspecified atom stereocenters. The summed E-state index contributed by atoms with van der Waals surface area (Å²) >= 11 is 1.67. The zero-order valence-corrected chi connectivity index (χ0v) is 11.4. The van der Waals surface area contributed by atoms with E-state index in [4.69, 9.17) is 10.5 Å². The molecule has 6 heteroatoms. The van der Waals surface area contributed by atoms with Crippen molar-refractivity contribution >= 4 is 22.8 Å². The number of hydrogen-bond acceptors (Lipinski definition) is 6. The van der Waals surface area contributed by atoms with Gasteiger partial charge in [0, 0.05) is 11.1 Å². The van der Waals surface area contributed by atoms with Gasteiger partial charge in [-0.25, -0.2) is 4.98 Å². The molecule has 1 atom stereocenters. The van der Waals surface area contributed by atoms with Gasteiger partial charge in [-0.3, -0.25) is 0 Å². The second kappa shape index (κ2) is 5.22. The number of rotatable bonds is 4. The predicted molar refractivity (Wildman–Crippen MR) is 74.1 cm³/mol. The maximum atomic E-state index is 5.72. The normalized spacial score (nSPS) is 12.2. The van der Waals surface area contributed by atoms with E-state index in [9.17, 15) is 0 Å². The molecule has 2 aromatic heterocycles. The van der Waals surface area contributed by atoms with Crippen LogP contribution < -0.4 is 15.8 Å². The van der Waals surface area contributed by atoms with E-state index in [2.05, 4.69) is 15.3 Å². The first kappa shape index (κ1) is 12.6. The SMILES string of the molecule is COc1nc(NC(C)c2ncc(C)s2)ccc1N. The van der Waals surface area contributed by atoms with Gasteiger partial charge in [-0.1, -0.05) is 0 Å². The van der Waals surface area contributed by atoms with Gasteiger partial charge in [-0.05, 0) is 26.0 Å². The van der Waals surface area contributed by atoms with Crippen LogP contribution in [0.15, 0.2) is 18.3 Å². The summed E-state index contributed by atoms with van der Waals surface area (Å²) in [6, 6.07) is 3.70. The van der Waals surface area contributed by atoms with Crippen molar-refractivity contribution in [2.45, 2.75) is 19.9 Å². The van der Waals surface area contributed by atoms with Crippen molar-refractivity contribution in [3.8, 4) is 5.88 Å². The van der Waals surface area contributed by atoms with Crippen molar-refractivity contribution in [1.82, 2.24) is 9.97 Å². The maximum Gasteiger partial charge on any atom is 0.238 e. The average Bonchev–Trinajstić information content (AvgIpc) is 2.78. The molecule has 2 rings (SSSR count). The summed E-state index contributed by atoms with van der Waals surface area (Å²) in [6.45, 7) is 4.08. The van der Waals surface area contributed by atoms with Gasteiger partial charge < -0.3 is 15.8 Å². The van der Waals surface area contributed by atoms with Crippen molar-refractivity contribution in [1.29, 1.82) is 0 Å². The monoisotopic (exact) mass is 264 g/mol. The molecule has 0 spiro atoms. The largest absolute Gasteiger partial charge is 0.479 e. The Kier molecular flexibility index (Phi) is 3.66. The smallest absolute Gasteiger partial charge is 0.238 e. The van der Waals surface area contributed by atoms with Crippen molar-refractivity contribution in [3.05, 3.63) is 28.2 Å². The number of thiazole rings is 1. The summed E-state index contributed by atoms with van der Waals surface area (Å²) in [7, 11) is 1.55. The van der Waals surface area contributed by atoms with Crippen molar-refractivity contribution in [3.63, 3.8) is 0 Å². The minimum atomic E-state index is 0.101. The fourth-order valence-corrected chi connectivity index (χ4v) is 2.33. The molecular formula is C12H16N4OS. The topological polar surface area (TPSA) is 73.1 Å². The number of methoxy groups -OCH3 is 1. The first-order chi connectivity index (χ1) is 8.60. The molecule has 0 amide bonds. The number of hydrogen-bond donors (Lipinski definition) is 2. The Morgan fingerprint density at radius 2 is 2.22 bits per heavy atom. The summed E-state index contributed by atoms with van der Waals surface area (Å²) in [5.74, 6) is 1.16. The van der Waals surface area contributed by atoms with Crippen LogP contribution in [0.4, 0.5) is 11.5 Å². The van der Waals surface area contributed by atoms with Crippen LogP contribution in [0.3, 0.4) is 0 Å². The fourth-order valence-electron chi connectivity index (χ4n) is 1.55. The van der Waals surface area contributed by atoms with Crippen LogP contribution in [0.2, 0.25) is 0 Å². The van der Waals surface area contributed by atoms with Gasteiger partial charge in [0.25, 0.3) is 0 Å². The van der Waals surface area contributed by atoms with Crippen LogP contribution in [0.25, 0.3) is 0 Å². The standard InChI is InChI=1S/C12H16N4OS/c1-7-6-14-12(18-7)8(2)15-10-5-4-9(13)11(16-10)17-3/h4-6,8H,13H2,1-3H3,(H,15,16). The number of aromatic nitrogens is 2. The van der Waals surface area contributed by atoms with Gasteiger partial charge in [-0.2, -0.15) is 4.98 Å². The van der Waals surface area contributed by atoms with E-state index in [-0.39, 0.29) is 6.04 Å². The van der Waals surface area contributed by atoms with Crippen LogP contribution in [-0.2, 0) is 0 Å². The highest BCUT2D eigenvalue weighted by molar-refractivity contribution is 7.11. The third-order valence-electron chi connectivity index (χ3n) is 2.46. The lowest BCUT2D eigenvalue weighted by Crippen LogP contribution is -2.08. The Morgan fingerprint density at radius 1 is 1.44 bits per heavy atom. The second-order valence-corrected chi connectivity index (χ2v) is 5.24. The van der Waals surface area contributed by atoms with Crippen LogP contribution >= 0.6 is 11.3 Å². The van der Waals surface area contributed by atoms with E-state index in [1.54, 1.807) is 24.5 Å². The molecule has 0 aliphatic carbocycles. The highest BCUT2D eigenvalue weighted by Crippen LogP contribution is 2.25. The lowest BCUT2D eigenvalue weighted by Gasteiger charge is -2.13. The molecule has 0 saturated heterocycles. The fraction of sp³-hybridized carbons (Fsp3) is 0.333. The Labute approximate surface area is 110 Å². The molecule has 0 saturated carbocycles. The number of nitrogens with one attached hydrogen (secondary N) is 1. The number of nitrogens with zero attached hydrogens (tertiary/aromatic N) is 2. The van der Waals surface area contributed by atoms with E-state index in [0.717, 1.165) is 10.8 Å². The van der Waals surface area contributed by atoms with Gasteiger partial charge in [0.15, 0.2) is 0 Å². The number of aryl methyl sites for hydroxylation is 1. The molecule has 0 bridgehead atoms. The van der Waals surface area contributed by atoms with E-state index in [1.165, 1.54) is 4.88 Å². The summed E-state index contributed by atoms with van der Waals surface area (Å²) in [6.07, 6.45) is 1.87. The molecule has 3 N–H and O–H groups in total. The van der Waals surface area contributed by atoms with Crippen LogP contribution in [-0.4, -0.2) is 17.1 Å². The summed E-state index contributed by atoms with van der Waals surface area (Å²) in [5, 5.41) is 4.31. The third kappa shape index (κ3) is 2.70. The van der Waals surface area contributed by atoms with Crippen LogP contribution in [0, 0.1) is 6.92 Å². The average molecular weight is 264 g/mol. The van der Waals surface area contributed by atoms with E-state index >= 15 is 0 Å². The van der Waals surface area contributed by atoms with Gasteiger partial charge >= 0.3 is 0 Å². The molecule has 5 nitrogen and oxygen atoms in total. The van der Waals surface area contributed by atoms with E-state index < -0.39 is 0 Å². The Bertz CT molecular complexity index is 541. The Hall–Kier alpha value is -1.82. The molecule has 0 fully saturated rings. The zero-order valence-electron chi connectivity index (χ0n) is 10.6. The molecule has 0 aromatic carbocycles. The highest BCUT2D eigenvalue weighted by atomic mass is 32.1. The predicted octanol–water partition coefficient (Wildman–Crippen LogP) is 2.61. The van der Waals surface area contributed by atoms with Crippen molar-refractivity contribution in [2.75, 3.05) is 18.2 Å². The minimum Gasteiger partial charge on any atom is -0.479 e. The van der Waals surface area contributed by atoms with E-state index in [0.29, 0.717) is 11.6 Å². The molecule has 18 heavy (non-hydrogen) atoms. The molecule has 2 heterocycles. The molecule has 96 valence electrons. The van der Waals surface area contributed by atoms with Crippen molar-refractivity contribution in [2.24, 2.45) is 0 Å².